The van der Waals surface area contributed by atoms with Gasteiger partial charge < -0.3 is 0 Å². The van der Waals surface area contributed by atoms with Gasteiger partial charge in [0.2, 0.25) is 0 Å². The molecule has 11 heavy (non-hydrogen) atoms. The first kappa shape index (κ1) is 8.46. The largest absolute Gasteiger partial charge is 0.267 e. The summed E-state index contributed by atoms with van der Waals surface area (Å²) in [5.41, 5.74) is 1.31. The van der Waals surface area contributed by atoms with Gasteiger partial charge in [-0.15, -0.1) is 0 Å². The molecule has 0 fully saturated rings. The maximum Gasteiger partial charge on any atom is 0.0998 e. The Morgan fingerprint density at radius 2 is 2.36 bits per heavy atom. The second-order valence-corrected chi connectivity index (χ2v) is 3.09. The van der Waals surface area contributed by atoms with Crippen LogP contribution in [0.3, 0.4) is 0 Å². The second kappa shape index (κ2) is 4.29. The van der Waals surface area contributed by atoms with Gasteiger partial charge in [-0.05, 0) is 24.5 Å². The van der Waals surface area contributed by atoms with E-state index in [1.54, 1.807) is 6.20 Å². The standard InChI is InChI=1S/C9H12NSi/c1-2-3-5-8-6-4-7-10-9(8)11/h4,6-7H,2-3,5H2,1H3. The molecule has 1 heterocycles. The van der Waals surface area contributed by atoms with E-state index in [0.29, 0.717) is 0 Å². The molecule has 1 aromatic heterocycles. The third-order valence-electron chi connectivity index (χ3n) is 1.69. The summed E-state index contributed by atoms with van der Waals surface area (Å²) in [7, 11) is 3.46. The van der Waals surface area contributed by atoms with Gasteiger partial charge in [-0.25, -0.2) is 0 Å². The molecule has 1 nitrogen and oxygen atoms in total. The Balaban J connectivity index is 2.62. The van der Waals surface area contributed by atoms with E-state index >= 15 is 0 Å². The van der Waals surface area contributed by atoms with Gasteiger partial charge in [-0.3, -0.25) is 4.98 Å². The number of unbranched alkanes of at least 4 members (excludes halogenated alkanes) is 1. The summed E-state index contributed by atoms with van der Waals surface area (Å²) in [4.78, 5) is 4.15. The zero-order chi connectivity index (χ0) is 8.10. The first-order valence-corrected chi connectivity index (χ1v) is 4.50. The highest BCUT2D eigenvalue weighted by atomic mass is 28.1. The lowest BCUT2D eigenvalue weighted by Crippen LogP contribution is -2.13. The molecular formula is C9H12NSi. The highest BCUT2D eigenvalue weighted by Gasteiger charge is 1.95. The van der Waals surface area contributed by atoms with E-state index in [9.17, 15) is 0 Å². The van der Waals surface area contributed by atoms with Crippen molar-refractivity contribution in [3.05, 3.63) is 23.9 Å². The maximum absolute atomic E-state index is 4.15. The molecule has 0 spiro atoms. The van der Waals surface area contributed by atoms with Gasteiger partial charge >= 0.3 is 0 Å². The lowest BCUT2D eigenvalue weighted by molar-refractivity contribution is 0.796. The van der Waals surface area contributed by atoms with E-state index in [0.717, 1.165) is 11.7 Å². The lowest BCUT2D eigenvalue weighted by Gasteiger charge is -2.01. The molecule has 0 unspecified atom stereocenters. The number of pyridine rings is 1. The summed E-state index contributed by atoms with van der Waals surface area (Å²) < 4.78 is 0. The molecule has 0 aliphatic heterocycles. The van der Waals surface area contributed by atoms with E-state index in [-0.39, 0.29) is 0 Å². The predicted octanol–water partition coefficient (Wildman–Crippen LogP) is 1.22. The Hall–Kier alpha value is -0.633. The van der Waals surface area contributed by atoms with Crippen LogP contribution in [0.1, 0.15) is 25.3 Å². The monoisotopic (exact) mass is 162 g/mol. The number of rotatable bonds is 3. The Kier molecular flexibility index (Phi) is 3.30. The topological polar surface area (TPSA) is 12.9 Å². The van der Waals surface area contributed by atoms with Crippen LogP contribution in [-0.4, -0.2) is 15.2 Å². The minimum absolute atomic E-state index is 0.987. The van der Waals surface area contributed by atoms with Gasteiger partial charge in [0.15, 0.2) is 0 Å². The average molecular weight is 162 g/mol. The van der Waals surface area contributed by atoms with Crippen LogP contribution in [-0.2, 0) is 6.42 Å². The van der Waals surface area contributed by atoms with Crippen molar-refractivity contribution in [3.63, 3.8) is 0 Å². The third kappa shape index (κ3) is 2.46. The highest BCUT2D eigenvalue weighted by molar-refractivity contribution is 6.31. The van der Waals surface area contributed by atoms with Crippen molar-refractivity contribution in [3.8, 4) is 0 Å². The van der Waals surface area contributed by atoms with Crippen molar-refractivity contribution < 1.29 is 0 Å². The van der Waals surface area contributed by atoms with Crippen molar-refractivity contribution in [1.29, 1.82) is 0 Å². The van der Waals surface area contributed by atoms with Gasteiger partial charge in [0.25, 0.3) is 0 Å². The van der Waals surface area contributed by atoms with Crippen LogP contribution in [0.4, 0.5) is 0 Å². The SMILES string of the molecule is CCCCc1cccnc1[Si]. The summed E-state index contributed by atoms with van der Waals surface area (Å²) in [6.45, 7) is 2.20. The highest BCUT2D eigenvalue weighted by Crippen LogP contribution is 1.99. The van der Waals surface area contributed by atoms with Crippen LogP contribution in [0, 0.1) is 0 Å². The Labute approximate surface area is 71.3 Å². The fraction of sp³-hybridized carbons (Fsp3) is 0.444. The molecule has 0 amide bonds. The maximum atomic E-state index is 4.15. The van der Waals surface area contributed by atoms with Gasteiger partial charge in [0.05, 0.1) is 10.2 Å². The van der Waals surface area contributed by atoms with Crippen LogP contribution in [0.2, 0.25) is 0 Å². The van der Waals surface area contributed by atoms with Gasteiger partial charge in [0, 0.05) is 11.5 Å². The van der Waals surface area contributed by atoms with Crippen LogP contribution >= 0.6 is 0 Å². The minimum atomic E-state index is 0.987. The van der Waals surface area contributed by atoms with Crippen molar-refractivity contribution in [1.82, 2.24) is 4.98 Å². The first-order chi connectivity index (χ1) is 5.34. The minimum Gasteiger partial charge on any atom is -0.267 e. The number of hydrogen-bond acceptors (Lipinski definition) is 1. The van der Waals surface area contributed by atoms with Gasteiger partial charge in [0.1, 0.15) is 0 Å². The molecule has 0 saturated carbocycles. The number of aryl methyl sites for hydroxylation is 1. The summed E-state index contributed by atoms with van der Waals surface area (Å²) in [6.07, 6.45) is 5.41. The quantitative estimate of drug-likeness (QED) is 0.609. The van der Waals surface area contributed by atoms with Crippen LogP contribution in [0.15, 0.2) is 18.3 Å². The molecule has 1 aromatic rings. The summed E-state index contributed by atoms with van der Waals surface area (Å²) in [5.74, 6) is 0. The third-order valence-corrected chi connectivity index (χ3v) is 2.14. The lowest BCUT2D eigenvalue weighted by atomic mass is 10.1. The zero-order valence-electron chi connectivity index (χ0n) is 6.80. The molecule has 0 N–H and O–H groups in total. The van der Waals surface area contributed by atoms with Crippen LogP contribution in [0.5, 0.6) is 0 Å². The van der Waals surface area contributed by atoms with E-state index in [2.05, 4.69) is 28.2 Å². The Morgan fingerprint density at radius 1 is 1.55 bits per heavy atom. The van der Waals surface area contributed by atoms with E-state index in [1.807, 2.05) is 6.07 Å². The smallest absolute Gasteiger partial charge is 0.0998 e. The van der Waals surface area contributed by atoms with Gasteiger partial charge in [-0.2, -0.15) is 0 Å². The molecule has 3 radical (unpaired) electrons. The van der Waals surface area contributed by atoms with Crippen LogP contribution < -0.4 is 5.32 Å². The number of aromatic nitrogens is 1. The number of hydrogen-bond donors (Lipinski definition) is 0. The Bertz CT molecular complexity index is 223. The number of nitrogens with zero attached hydrogens (tertiary/aromatic N) is 1. The molecule has 0 aliphatic rings. The molecule has 0 aromatic carbocycles. The van der Waals surface area contributed by atoms with Crippen molar-refractivity contribution in [2.45, 2.75) is 26.2 Å². The zero-order valence-corrected chi connectivity index (χ0v) is 7.80. The molecule has 0 bridgehead atoms. The summed E-state index contributed by atoms with van der Waals surface area (Å²) in [5, 5.41) is 0.987. The fourth-order valence-electron chi connectivity index (χ4n) is 1.01. The van der Waals surface area contributed by atoms with Crippen molar-refractivity contribution >= 4 is 15.6 Å². The van der Waals surface area contributed by atoms with E-state index < -0.39 is 0 Å². The Morgan fingerprint density at radius 3 is 3.00 bits per heavy atom. The van der Waals surface area contributed by atoms with Gasteiger partial charge in [-0.1, -0.05) is 19.4 Å². The average Bonchev–Trinajstić information content (AvgIpc) is 2.03. The van der Waals surface area contributed by atoms with E-state index in [1.165, 1.54) is 18.4 Å². The van der Waals surface area contributed by atoms with Crippen LogP contribution in [0.25, 0.3) is 0 Å². The van der Waals surface area contributed by atoms with E-state index in [4.69, 9.17) is 0 Å². The van der Waals surface area contributed by atoms with Crippen molar-refractivity contribution in [2.24, 2.45) is 0 Å². The normalized spacial score (nSPS) is 10.0. The summed E-state index contributed by atoms with van der Waals surface area (Å²) in [6, 6.07) is 4.10. The van der Waals surface area contributed by atoms with Crippen molar-refractivity contribution in [2.75, 3.05) is 0 Å². The summed E-state index contributed by atoms with van der Waals surface area (Å²) >= 11 is 0. The second-order valence-electron chi connectivity index (χ2n) is 2.61. The molecular weight excluding hydrogens is 150 g/mol. The fourth-order valence-corrected chi connectivity index (χ4v) is 1.29. The first-order valence-electron chi connectivity index (χ1n) is 4.00. The molecule has 2 heteroatoms. The molecule has 57 valence electrons. The molecule has 1 rings (SSSR count). The predicted molar refractivity (Wildman–Crippen MR) is 48.2 cm³/mol. The molecule has 0 saturated heterocycles. The molecule has 0 aliphatic carbocycles. The molecule has 0 atom stereocenters.